The van der Waals surface area contributed by atoms with E-state index in [9.17, 15) is 131 Å². The van der Waals surface area contributed by atoms with Gasteiger partial charge in [0.15, 0.2) is 37.7 Å². The average molecular weight is 1410 g/mol. The Morgan fingerprint density at radius 3 is 1.20 bits per heavy atom. The summed E-state index contributed by atoms with van der Waals surface area (Å²) in [5.74, 6) is -8.79. The van der Waals surface area contributed by atoms with Crippen LogP contribution in [0.25, 0.3) is 0 Å². The number of aliphatic carboxylic acids is 1. The first-order chi connectivity index (χ1) is 45.2. The highest BCUT2D eigenvalue weighted by atomic mass is 16.8. The predicted octanol–water partition coefficient (Wildman–Crippen LogP) is -16.5. The first-order valence-corrected chi connectivity index (χ1v) is 30.2. The Kier molecular flexibility index (Phi) is 28.2. The van der Waals surface area contributed by atoms with Crippen LogP contribution in [0.1, 0.15) is 34.1 Å². The van der Waals surface area contributed by atoms with E-state index in [2.05, 4.69) is 21.3 Å². The second kappa shape index (κ2) is 34.1. The molecule has 0 aromatic rings. The molecule has 0 aromatic heterocycles. The smallest absolute Gasteiger partial charge is 0.364 e. The molecule has 7 rings (SSSR count). The second-order valence-electron chi connectivity index (χ2n) is 23.9. The van der Waals surface area contributed by atoms with E-state index >= 15 is 0 Å². The fourth-order valence-corrected chi connectivity index (χ4v) is 12.3. The van der Waals surface area contributed by atoms with Crippen LogP contribution in [-0.2, 0) is 85.6 Å². The third-order valence-electron chi connectivity index (χ3n) is 17.1. The van der Waals surface area contributed by atoms with Gasteiger partial charge in [0, 0.05) is 34.1 Å². The van der Waals surface area contributed by atoms with Crippen molar-refractivity contribution in [3.05, 3.63) is 0 Å². The van der Waals surface area contributed by atoms with Gasteiger partial charge in [-0.3, -0.25) is 19.2 Å². The number of carboxylic acid groups (broad SMARTS) is 1. The summed E-state index contributed by atoms with van der Waals surface area (Å²) in [6, 6.07) is -7.04. The highest BCUT2D eigenvalue weighted by Crippen LogP contribution is 2.41. The lowest BCUT2D eigenvalue weighted by molar-refractivity contribution is -0.398. The normalized spacial score (nSPS) is 46.0. The number of aliphatic hydroxyl groups excluding tert-OH is 20. The lowest BCUT2D eigenvalue weighted by atomic mass is 9.88. The molecule has 7 heterocycles. The van der Waals surface area contributed by atoms with E-state index in [0.717, 1.165) is 27.7 Å². The maximum absolute atomic E-state index is 13.1. The van der Waals surface area contributed by atoms with Crippen molar-refractivity contribution in [3.63, 3.8) is 0 Å². The zero-order valence-corrected chi connectivity index (χ0v) is 51.6. The number of hydrogen-bond donors (Lipinski definition) is 25. The van der Waals surface area contributed by atoms with Gasteiger partial charge in [-0.2, -0.15) is 0 Å². The van der Waals surface area contributed by atoms with Crippen molar-refractivity contribution < 1.29 is 193 Å². The van der Waals surface area contributed by atoms with Gasteiger partial charge in [-0.15, -0.1) is 0 Å². The molecule has 25 N–H and O–H groups in total. The van der Waals surface area contributed by atoms with Crippen molar-refractivity contribution in [2.24, 2.45) is 0 Å². The van der Waals surface area contributed by atoms with E-state index < -0.39 is 303 Å². The summed E-state index contributed by atoms with van der Waals surface area (Å²) in [6.45, 7) is -3.84. The van der Waals surface area contributed by atoms with Crippen molar-refractivity contribution in [1.82, 2.24) is 21.3 Å². The van der Waals surface area contributed by atoms with Crippen LogP contribution in [-0.4, -0.2) is 403 Å². The van der Waals surface area contributed by atoms with Gasteiger partial charge in [0.1, 0.15) is 165 Å². The van der Waals surface area contributed by atoms with Crippen LogP contribution >= 0.6 is 0 Å². The maximum Gasteiger partial charge on any atom is 0.364 e. The third-order valence-corrected chi connectivity index (χ3v) is 17.1. The van der Waals surface area contributed by atoms with Crippen LogP contribution in [0.15, 0.2) is 0 Å². The van der Waals surface area contributed by atoms with Crippen molar-refractivity contribution in [1.29, 1.82) is 0 Å². The highest BCUT2D eigenvalue weighted by molar-refractivity contribution is 5.77. The summed E-state index contributed by atoms with van der Waals surface area (Å²) in [6.07, 6.45) is -65.8. The number of carbonyl (C=O) groups excluding carboxylic acids is 4. The average Bonchev–Trinajstić information content (AvgIpc) is 0.765. The van der Waals surface area contributed by atoms with Crippen molar-refractivity contribution in [2.75, 3.05) is 46.2 Å². The topological polar surface area (TPSA) is 678 Å². The minimum Gasteiger partial charge on any atom is -0.477 e. The maximum atomic E-state index is 13.1. The Morgan fingerprint density at radius 2 is 0.760 bits per heavy atom. The molecule has 0 spiro atoms. The fourth-order valence-electron chi connectivity index (χ4n) is 12.3. The number of carbonyl (C=O) groups is 5. The first kappa shape index (κ1) is 79.4. The molecule has 0 saturated carbocycles. The monoisotopic (exact) mass is 1400 g/mol. The number of hydrogen-bond acceptors (Lipinski definition) is 38. The Bertz CT molecular complexity index is 2540. The van der Waals surface area contributed by atoms with E-state index in [4.69, 9.17) is 61.6 Å². The number of amides is 4. The Morgan fingerprint density at radius 1 is 0.406 bits per heavy atom. The molecular weight excluding hydrogens is 1320 g/mol. The predicted molar refractivity (Wildman–Crippen MR) is 295 cm³/mol. The van der Waals surface area contributed by atoms with Gasteiger partial charge < -0.3 is 190 Å². The third kappa shape index (κ3) is 17.3. The number of ether oxygens (including phenoxy) is 13. The van der Waals surface area contributed by atoms with Crippen LogP contribution in [0.5, 0.6) is 0 Å². The van der Waals surface area contributed by atoms with Gasteiger partial charge in [-0.05, 0) is 0 Å². The number of carboxylic acids is 1. The van der Waals surface area contributed by atoms with Gasteiger partial charge in [0.2, 0.25) is 23.6 Å². The van der Waals surface area contributed by atoms with Crippen molar-refractivity contribution in [2.45, 2.75) is 254 Å². The number of nitrogens with one attached hydrogen (secondary N) is 4. The van der Waals surface area contributed by atoms with Crippen molar-refractivity contribution in [3.8, 4) is 0 Å². The van der Waals surface area contributed by atoms with E-state index in [1.807, 2.05) is 0 Å². The zero-order chi connectivity index (χ0) is 71.3. The molecule has 554 valence electrons. The van der Waals surface area contributed by atoms with E-state index in [0.29, 0.717) is 0 Å². The molecule has 36 atom stereocenters. The van der Waals surface area contributed by atoms with Crippen LogP contribution in [0.4, 0.5) is 0 Å². The van der Waals surface area contributed by atoms with Crippen LogP contribution < -0.4 is 21.3 Å². The molecule has 7 aliphatic heterocycles. The van der Waals surface area contributed by atoms with E-state index in [-0.39, 0.29) is 0 Å². The molecule has 7 fully saturated rings. The highest BCUT2D eigenvalue weighted by Gasteiger charge is 2.62. The quantitative estimate of drug-likeness (QED) is 0.0382. The second-order valence-corrected chi connectivity index (χ2v) is 23.9. The molecule has 1 unspecified atom stereocenters. The summed E-state index contributed by atoms with van der Waals surface area (Å²) in [5, 5.41) is 240. The van der Waals surface area contributed by atoms with E-state index in [1.165, 1.54) is 0 Å². The summed E-state index contributed by atoms with van der Waals surface area (Å²) in [5.41, 5.74) is 0. The SMILES string of the molecule is CC(=O)N[C@H]1[C@H](O[C@H]2[C@H](O)[C@@H](NC(C)=O)C(O)O[C@@H]2CO)O[C@H](CO)[C@@H](O[C@@H]2O[C@H](CO)[C@@H](O)[C@H](O[C@H]3O[C@H](CO)[C@@H](O)[C@H](O)[C@@H]3O[C@@H]3O[C@H](CO)[C@@H](O[C@@H]4O[C@H](CO)[C@H](O)[C@H](O[C@]5(C(=O)O)C[C@H](O)[C@@H](NC(C)=O)[C@H]([C@H](O)[C@H](O)CO)O5)[C@H]4O)[C@H](O)[C@H]3NC(C)=O)[C@@H]2O)[C@@H]1O. The van der Waals surface area contributed by atoms with Gasteiger partial charge in [0.05, 0.1) is 58.4 Å². The minimum atomic E-state index is -3.25. The largest absolute Gasteiger partial charge is 0.477 e. The molecule has 43 nitrogen and oxygen atoms in total. The molecule has 43 heteroatoms. The van der Waals surface area contributed by atoms with Crippen LogP contribution in [0.3, 0.4) is 0 Å². The minimum absolute atomic E-state index is 0.738. The van der Waals surface area contributed by atoms with Crippen LogP contribution in [0.2, 0.25) is 0 Å². The summed E-state index contributed by atoms with van der Waals surface area (Å²) in [7, 11) is 0. The lowest BCUT2D eigenvalue weighted by Crippen LogP contribution is -2.71. The fraction of sp³-hybridized carbons (Fsp3) is 0.906. The molecule has 0 radical (unpaired) electrons. The summed E-state index contributed by atoms with van der Waals surface area (Å²) in [4.78, 5) is 62.7. The molecule has 7 saturated heterocycles. The lowest BCUT2D eigenvalue weighted by Gasteiger charge is -2.51. The van der Waals surface area contributed by atoms with E-state index in [1.54, 1.807) is 0 Å². The Balaban J connectivity index is 1.13. The molecule has 7 aliphatic rings. The summed E-state index contributed by atoms with van der Waals surface area (Å²) >= 11 is 0. The van der Waals surface area contributed by atoms with Gasteiger partial charge >= 0.3 is 5.97 Å². The number of aliphatic hydroxyl groups is 20. The molecular formula is C53H88N4O39. The van der Waals surface area contributed by atoms with Gasteiger partial charge in [-0.1, -0.05) is 0 Å². The zero-order valence-electron chi connectivity index (χ0n) is 51.6. The molecule has 0 bridgehead atoms. The van der Waals surface area contributed by atoms with Gasteiger partial charge in [0.25, 0.3) is 5.79 Å². The van der Waals surface area contributed by atoms with Crippen molar-refractivity contribution >= 4 is 29.6 Å². The molecule has 4 amide bonds. The Labute approximate surface area is 543 Å². The summed E-state index contributed by atoms with van der Waals surface area (Å²) < 4.78 is 75.6. The molecule has 96 heavy (non-hydrogen) atoms. The molecule has 0 aromatic carbocycles. The molecule has 0 aliphatic carbocycles. The Hall–Kier alpha value is -3.97. The number of rotatable bonds is 26. The van der Waals surface area contributed by atoms with Gasteiger partial charge in [-0.25, -0.2) is 4.79 Å². The first-order valence-electron chi connectivity index (χ1n) is 30.2. The standard InChI is InChI=1S/C53H88N4O39/c1-13(65)54-25-17(69)5-53(52(82)83,95-42(25)29(71)18(70)6-58)96-44-32(74)21(9-61)86-50(38(44)80)92-41-24(12-64)89-48(28(35(41)77)57-16(4)68)94-45-36(78)30(72)19(7-59)87-51(45)93-43-31(73)20(8-60)85-49(37(43)79)91-40-23(11-63)88-47(27(34(40)76)56-15(3)67)90-39-22(10-62)84-46(81)26(33(39)75)55-14(2)66/h17-51,58-64,69-81H,5-12H2,1-4H3,(H,54,65)(H,55,66)(H,56,67)(H,57,68)(H,82,83)/t17-,18+,19+,20+,21+,22+,23+,24+,25+,26+,27+,28+,29+,30+,31+,32-,33+,34+,35+,36-,37-,38+,39+,40+,41+,42+,43-,44-,45-,46?,47-,48-,49-,50-,51+,53-/m0/s1. The van der Waals surface area contributed by atoms with Crippen LogP contribution in [0, 0.1) is 0 Å².